The Morgan fingerprint density at radius 3 is 3.00 bits per heavy atom. The van der Waals surface area contributed by atoms with Crippen molar-refractivity contribution in [2.24, 2.45) is 0 Å². The SMILES string of the molecule is Cc1ccc(-c2cc(C(=O)N3CCCCC[C@H]3c3ccco3)n[nH]2)s1. The summed E-state index contributed by atoms with van der Waals surface area (Å²) >= 11 is 1.69. The van der Waals surface area contributed by atoms with Crippen LogP contribution in [-0.2, 0) is 0 Å². The zero-order valence-electron chi connectivity index (χ0n) is 14.2. The van der Waals surface area contributed by atoms with E-state index in [4.69, 9.17) is 4.42 Å². The monoisotopic (exact) mass is 355 g/mol. The molecule has 4 heterocycles. The van der Waals surface area contributed by atoms with Crippen molar-refractivity contribution in [3.05, 3.63) is 52.9 Å². The van der Waals surface area contributed by atoms with Crippen molar-refractivity contribution >= 4 is 17.2 Å². The molecule has 0 aliphatic carbocycles. The molecule has 3 aromatic rings. The van der Waals surface area contributed by atoms with Crippen molar-refractivity contribution in [1.82, 2.24) is 15.1 Å². The van der Waals surface area contributed by atoms with E-state index < -0.39 is 0 Å². The number of likely N-dealkylation sites (tertiary alicyclic amines) is 1. The minimum Gasteiger partial charge on any atom is -0.467 e. The molecule has 6 heteroatoms. The van der Waals surface area contributed by atoms with Crippen LogP contribution in [0.15, 0.2) is 41.0 Å². The van der Waals surface area contributed by atoms with Crippen LogP contribution in [0.3, 0.4) is 0 Å². The van der Waals surface area contributed by atoms with E-state index in [9.17, 15) is 4.79 Å². The maximum atomic E-state index is 13.1. The number of furan rings is 1. The lowest BCUT2D eigenvalue weighted by Gasteiger charge is -2.27. The molecule has 1 N–H and O–H groups in total. The second-order valence-electron chi connectivity index (χ2n) is 6.46. The number of carbonyl (C=O) groups is 1. The average Bonchev–Trinajstić information content (AvgIpc) is 3.34. The Labute approximate surface area is 150 Å². The highest BCUT2D eigenvalue weighted by Crippen LogP contribution is 2.32. The van der Waals surface area contributed by atoms with Gasteiger partial charge in [-0.25, -0.2) is 0 Å². The van der Waals surface area contributed by atoms with Gasteiger partial charge >= 0.3 is 0 Å². The van der Waals surface area contributed by atoms with Gasteiger partial charge in [0.1, 0.15) is 5.76 Å². The number of rotatable bonds is 3. The lowest BCUT2D eigenvalue weighted by Crippen LogP contribution is -2.34. The molecular weight excluding hydrogens is 334 g/mol. The van der Waals surface area contributed by atoms with Crippen LogP contribution in [0.4, 0.5) is 0 Å². The van der Waals surface area contributed by atoms with Gasteiger partial charge < -0.3 is 9.32 Å². The van der Waals surface area contributed by atoms with E-state index in [2.05, 4.69) is 29.3 Å². The Kier molecular flexibility index (Phi) is 4.44. The van der Waals surface area contributed by atoms with Crippen molar-refractivity contribution in [1.29, 1.82) is 0 Å². The van der Waals surface area contributed by atoms with Gasteiger partial charge in [-0.05, 0) is 50.1 Å². The normalized spacial score (nSPS) is 18.3. The molecule has 1 aliphatic rings. The molecule has 4 rings (SSSR count). The first-order valence-corrected chi connectivity index (χ1v) is 9.50. The molecule has 0 unspecified atom stereocenters. The summed E-state index contributed by atoms with van der Waals surface area (Å²) in [6, 6.07) is 9.82. The van der Waals surface area contributed by atoms with Crippen molar-refractivity contribution in [3.63, 3.8) is 0 Å². The molecule has 0 spiro atoms. The highest BCUT2D eigenvalue weighted by atomic mass is 32.1. The van der Waals surface area contributed by atoms with Gasteiger partial charge in [0, 0.05) is 11.4 Å². The molecule has 3 aromatic heterocycles. The molecule has 25 heavy (non-hydrogen) atoms. The highest BCUT2D eigenvalue weighted by molar-refractivity contribution is 7.15. The summed E-state index contributed by atoms with van der Waals surface area (Å²) in [5.41, 5.74) is 1.37. The van der Waals surface area contributed by atoms with Crippen molar-refractivity contribution < 1.29 is 9.21 Å². The largest absolute Gasteiger partial charge is 0.467 e. The molecular formula is C19H21N3O2S. The van der Waals surface area contributed by atoms with Gasteiger partial charge in [-0.2, -0.15) is 5.10 Å². The summed E-state index contributed by atoms with van der Waals surface area (Å²) in [7, 11) is 0. The van der Waals surface area contributed by atoms with Crippen molar-refractivity contribution in [2.75, 3.05) is 6.54 Å². The fourth-order valence-corrected chi connectivity index (χ4v) is 4.25. The van der Waals surface area contributed by atoms with Gasteiger partial charge in [0.2, 0.25) is 0 Å². The van der Waals surface area contributed by atoms with Crippen LogP contribution in [0.1, 0.15) is 52.9 Å². The lowest BCUT2D eigenvalue weighted by atomic mass is 10.1. The first-order valence-electron chi connectivity index (χ1n) is 8.69. The molecule has 0 saturated carbocycles. The summed E-state index contributed by atoms with van der Waals surface area (Å²) in [5.74, 6) is 0.832. The third-order valence-corrected chi connectivity index (χ3v) is 5.72. The number of carbonyl (C=O) groups excluding carboxylic acids is 1. The average molecular weight is 355 g/mol. The van der Waals surface area contributed by atoms with E-state index in [1.54, 1.807) is 17.6 Å². The highest BCUT2D eigenvalue weighted by Gasteiger charge is 2.30. The molecule has 0 aromatic carbocycles. The van der Waals surface area contributed by atoms with Crippen LogP contribution in [0, 0.1) is 6.92 Å². The fraction of sp³-hybridized carbons (Fsp3) is 0.368. The predicted octanol–water partition coefficient (Wildman–Crippen LogP) is 4.80. The molecule has 1 amide bonds. The second kappa shape index (κ2) is 6.88. The smallest absolute Gasteiger partial charge is 0.274 e. The van der Waals surface area contributed by atoms with E-state index in [0.717, 1.165) is 48.6 Å². The van der Waals surface area contributed by atoms with E-state index in [0.29, 0.717) is 5.69 Å². The number of aryl methyl sites for hydroxylation is 1. The molecule has 0 bridgehead atoms. The number of aromatic amines is 1. The Morgan fingerprint density at radius 1 is 1.32 bits per heavy atom. The van der Waals surface area contributed by atoms with Gasteiger partial charge in [-0.3, -0.25) is 9.89 Å². The maximum Gasteiger partial charge on any atom is 0.274 e. The van der Waals surface area contributed by atoms with Crippen LogP contribution >= 0.6 is 11.3 Å². The quantitative estimate of drug-likeness (QED) is 0.734. The minimum absolute atomic E-state index is 0.00543. The molecule has 1 aliphatic heterocycles. The van der Waals surface area contributed by atoms with E-state index >= 15 is 0 Å². The third-order valence-electron chi connectivity index (χ3n) is 4.69. The zero-order valence-corrected chi connectivity index (χ0v) is 15.0. The van der Waals surface area contributed by atoms with Gasteiger partial charge in [0.15, 0.2) is 5.69 Å². The lowest BCUT2D eigenvalue weighted by molar-refractivity contribution is 0.0652. The summed E-state index contributed by atoms with van der Waals surface area (Å²) in [6.07, 6.45) is 5.87. The molecule has 130 valence electrons. The number of H-pyrrole nitrogens is 1. The zero-order chi connectivity index (χ0) is 17.2. The molecule has 1 saturated heterocycles. The number of aromatic nitrogens is 2. The second-order valence-corrected chi connectivity index (χ2v) is 7.74. The van der Waals surface area contributed by atoms with E-state index in [1.165, 1.54) is 4.88 Å². The number of nitrogens with one attached hydrogen (secondary N) is 1. The number of hydrogen-bond acceptors (Lipinski definition) is 4. The van der Waals surface area contributed by atoms with Crippen LogP contribution in [0.5, 0.6) is 0 Å². The Morgan fingerprint density at radius 2 is 2.24 bits per heavy atom. The minimum atomic E-state index is -0.0286. The van der Waals surface area contributed by atoms with Crippen LogP contribution < -0.4 is 0 Å². The van der Waals surface area contributed by atoms with Crippen LogP contribution in [0.2, 0.25) is 0 Å². The number of nitrogens with zero attached hydrogens (tertiary/aromatic N) is 2. The van der Waals surface area contributed by atoms with E-state index in [-0.39, 0.29) is 11.9 Å². The number of hydrogen-bond donors (Lipinski definition) is 1. The van der Waals surface area contributed by atoms with Gasteiger partial charge in [0.05, 0.1) is 22.9 Å². The predicted molar refractivity (Wildman–Crippen MR) is 97.6 cm³/mol. The Balaban J connectivity index is 1.61. The molecule has 0 radical (unpaired) electrons. The Bertz CT molecular complexity index is 850. The van der Waals surface area contributed by atoms with E-state index in [1.807, 2.05) is 23.1 Å². The molecule has 1 fully saturated rings. The maximum absolute atomic E-state index is 13.1. The molecule has 5 nitrogen and oxygen atoms in total. The number of amides is 1. The van der Waals surface area contributed by atoms with Crippen molar-refractivity contribution in [3.8, 4) is 10.6 Å². The topological polar surface area (TPSA) is 62.1 Å². The first kappa shape index (κ1) is 16.1. The van der Waals surface area contributed by atoms with Crippen LogP contribution in [0.25, 0.3) is 10.6 Å². The summed E-state index contributed by atoms with van der Waals surface area (Å²) in [4.78, 5) is 17.4. The van der Waals surface area contributed by atoms with Gasteiger partial charge in [0.25, 0.3) is 5.91 Å². The summed E-state index contributed by atoms with van der Waals surface area (Å²) < 4.78 is 5.60. The molecule has 1 atom stereocenters. The van der Waals surface area contributed by atoms with Gasteiger partial charge in [-0.1, -0.05) is 12.8 Å². The van der Waals surface area contributed by atoms with Crippen molar-refractivity contribution in [2.45, 2.75) is 38.6 Å². The summed E-state index contributed by atoms with van der Waals surface area (Å²) in [6.45, 7) is 2.81. The third kappa shape index (κ3) is 3.26. The first-order chi connectivity index (χ1) is 12.2. The number of thiophene rings is 1. The Hall–Kier alpha value is -2.34. The van der Waals surface area contributed by atoms with Crippen LogP contribution in [-0.4, -0.2) is 27.5 Å². The fourth-order valence-electron chi connectivity index (χ4n) is 3.41. The summed E-state index contributed by atoms with van der Waals surface area (Å²) in [5, 5.41) is 7.29. The standard InChI is InChI=1S/C19H21N3O2S/c1-13-8-9-18(25-13)14-12-15(21-20-14)19(23)22-10-4-2-3-6-16(22)17-7-5-11-24-17/h5,7-9,11-12,16H,2-4,6,10H2,1H3,(H,20,21)/t16-/m0/s1. The van der Waals surface area contributed by atoms with Gasteiger partial charge in [-0.15, -0.1) is 11.3 Å².